The number of imidazole rings is 1. The topological polar surface area (TPSA) is 48.3 Å². The highest BCUT2D eigenvalue weighted by Crippen LogP contribution is 2.33. The number of aryl methyl sites for hydroxylation is 1. The Morgan fingerprint density at radius 1 is 1.27 bits per heavy atom. The number of hydrogen-bond donors (Lipinski definition) is 1. The quantitative estimate of drug-likeness (QED) is 0.941. The third-order valence-corrected chi connectivity index (χ3v) is 4.42. The Balaban J connectivity index is 1.40. The molecule has 0 saturated carbocycles. The van der Waals surface area contributed by atoms with Crippen LogP contribution in [0, 0.1) is 0 Å². The Morgan fingerprint density at radius 3 is 3.23 bits per heavy atom. The normalized spacial score (nSPS) is 19.7. The molecule has 0 spiro atoms. The maximum Gasteiger partial charge on any atom is 0.165 e. The van der Waals surface area contributed by atoms with Gasteiger partial charge in [0.1, 0.15) is 19.0 Å². The molecule has 0 bridgehead atoms. The third-order valence-electron chi connectivity index (χ3n) is 4.42. The van der Waals surface area contributed by atoms with E-state index in [1.165, 1.54) is 18.7 Å². The van der Waals surface area contributed by atoms with E-state index in [1.807, 2.05) is 18.3 Å². The SMILES string of the molecule is c1cc(CNC[C@H]2CCCn3ccnc32)c2c(c1)OCCO2. The van der Waals surface area contributed by atoms with E-state index < -0.39 is 0 Å². The molecule has 0 amide bonds. The minimum atomic E-state index is 0.500. The van der Waals surface area contributed by atoms with Crippen LogP contribution < -0.4 is 14.8 Å². The average Bonchev–Trinajstić information content (AvgIpc) is 3.05. The summed E-state index contributed by atoms with van der Waals surface area (Å²) in [7, 11) is 0. The molecule has 1 aromatic carbocycles. The highest BCUT2D eigenvalue weighted by molar-refractivity contribution is 5.47. The van der Waals surface area contributed by atoms with E-state index in [4.69, 9.17) is 9.47 Å². The lowest BCUT2D eigenvalue weighted by atomic mass is 9.99. The van der Waals surface area contributed by atoms with E-state index in [-0.39, 0.29) is 0 Å². The maximum absolute atomic E-state index is 5.76. The molecular weight excluding hydrogens is 278 g/mol. The standard InChI is InChI=1S/C17H21N3O2/c1-3-13(16-15(5-1)21-9-10-22-16)11-18-12-14-4-2-7-20-8-6-19-17(14)20/h1,3,5-6,8,14,18H,2,4,7,9-12H2/t14-/m1/s1. The Labute approximate surface area is 130 Å². The van der Waals surface area contributed by atoms with Crippen molar-refractivity contribution in [3.05, 3.63) is 42.0 Å². The van der Waals surface area contributed by atoms with Crippen LogP contribution in [0.3, 0.4) is 0 Å². The molecule has 1 aromatic heterocycles. The number of aromatic nitrogens is 2. The van der Waals surface area contributed by atoms with Crippen molar-refractivity contribution in [3.8, 4) is 11.5 Å². The number of benzene rings is 1. The van der Waals surface area contributed by atoms with Crippen LogP contribution in [-0.4, -0.2) is 29.3 Å². The van der Waals surface area contributed by atoms with Gasteiger partial charge in [-0.3, -0.25) is 0 Å². The van der Waals surface area contributed by atoms with Gasteiger partial charge in [0.2, 0.25) is 0 Å². The predicted molar refractivity (Wildman–Crippen MR) is 83.3 cm³/mol. The van der Waals surface area contributed by atoms with Gasteiger partial charge in [0.15, 0.2) is 11.5 Å². The number of nitrogens with one attached hydrogen (secondary N) is 1. The summed E-state index contributed by atoms with van der Waals surface area (Å²) in [6.07, 6.45) is 6.43. The van der Waals surface area contributed by atoms with Gasteiger partial charge in [0.05, 0.1) is 0 Å². The van der Waals surface area contributed by atoms with Gasteiger partial charge in [-0.15, -0.1) is 0 Å². The Hall–Kier alpha value is -2.01. The zero-order chi connectivity index (χ0) is 14.8. The summed E-state index contributed by atoms with van der Waals surface area (Å²) >= 11 is 0. The molecule has 1 atom stereocenters. The first-order chi connectivity index (χ1) is 10.9. The molecule has 0 unspecified atom stereocenters. The third kappa shape index (κ3) is 2.57. The monoisotopic (exact) mass is 299 g/mol. The molecule has 3 heterocycles. The van der Waals surface area contributed by atoms with Crippen LogP contribution in [0.15, 0.2) is 30.6 Å². The second-order valence-electron chi connectivity index (χ2n) is 5.89. The summed E-state index contributed by atoms with van der Waals surface area (Å²) in [5, 5.41) is 3.56. The minimum Gasteiger partial charge on any atom is -0.486 e. The van der Waals surface area contributed by atoms with Crippen LogP contribution in [-0.2, 0) is 13.1 Å². The van der Waals surface area contributed by atoms with Crippen LogP contribution >= 0.6 is 0 Å². The lowest BCUT2D eigenvalue weighted by molar-refractivity contribution is 0.169. The number of nitrogens with zero attached hydrogens (tertiary/aromatic N) is 2. The first kappa shape index (κ1) is 13.6. The van der Waals surface area contributed by atoms with Crippen molar-refractivity contribution in [1.29, 1.82) is 0 Å². The van der Waals surface area contributed by atoms with Crippen molar-refractivity contribution in [2.75, 3.05) is 19.8 Å². The summed E-state index contributed by atoms with van der Waals surface area (Å²) in [5.41, 5.74) is 1.16. The molecule has 5 heteroatoms. The molecule has 4 rings (SSSR count). The van der Waals surface area contributed by atoms with Gasteiger partial charge < -0.3 is 19.4 Å². The number of para-hydroxylation sites is 1. The maximum atomic E-state index is 5.76. The van der Waals surface area contributed by atoms with Crippen molar-refractivity contribution in [3.63, 3.8) is 0 Å². The molecule has 5 nitrogen and oxygen atoms in total. The summed E-state index contributed by atoms with van der Waals surface area (Å²) in [6, 6.07) is 6.09. The van der Waals surface area contributed by atoms with E-state index in [1.54, 1.807) is 0 Å². The van der Waals surface area contributed by atoms with E-state index in [0.717, 1.165) is 36.7 Å². The number of rotatable bonds is 4. The zero-order valence-corrected chi connectivity index (χ0v) is 12.6. The second kappa shape index (κ2) is 6.01. The summed E-state index contributed by atoms with van der Waals surface area (Å²) in [6.45, 7) is 4.10. The van der Waals surface area contributed by atoms with Gasteiger partial charge in [-0.05, 0) is 18.9 Å². The van der Waals surface area contributed by atoms with E-state index >= 15 is 0 Å². The van der Waals surface area contributed by atoms with Gasteiger partial charge in [-0.25, -0.2) is 4.98 Å². The van der Waals surface area contributed by atoms with Crippen LogP contribution in [0.1, 0.15) is 30.1 Å². The summed E-state index contributed by atoms with van der Waals surface area (Å²) in [5.74, 6) is 3.47. The summed E-state index contributed by atoms with van der Waals surface area (Å²) < 4.78 is 13.7. The Kier molecular flexibility index (Phi) is 3.72. The van der Waals surface area contributed by atoms with Gasteiger partial charge in [0, 0.05) is 43.5 Å². The number of fused-ring (bicyclic) bond motifs is 2. The smallest absolute Gasteiger partial charge is 0.165 e. The summed E-state index contributed by atoms with van der Waals surface area (Å²) in [4.78, 5) is 4.51. The fraction of sp³-hybridized carbons (Fsp3) is 0.471. The molecule has 22 heavy (non-hydrogen) atoms. The lowest BCUT2D eigenvalue weighted by Crippen LogP contribution is -2.27. The molecule has 2 aromatic rings. The Bertz CT molecular complexity index is 653. The van der Waals surface area contributed by atoms with E-state index in [2.05, 4.69) is 27.1 Å². The van der Waals surface area contributed by atoms with Crippen LogP contribution in [0.2, 0.25) is 0 Å². The molecule has 0 saturated heterocycles. The van der Waals surface area contributed by atoms with Crippen LogP contribution in [0.5, 0.6) is 11.5 Å². The van der Waals surface area contributed by atoms with Crippen molar-refractivity contribution in [2.24, 2.45) is 0 Å². The van der Waals surface area contributed by atoms with Gasteiger partial charge in [-0.1, -0.05) is 12.1 Å². The first-order valence-corrected chi connectivity index (χ1v) is 8.01. The second-order valence-corrected chi connectivity index (χ2v) is 5.89. The largest absolute Gasteiger partial charge is 0.486 e. The van der Waals surface area contributed by atoms with Crippen molar-refractivity contribution in [1.82, 2.24) is 14.9 Å². The molecule has 1 N–H and O–H groups in total. The highest BCUT2D eigenvalue weighted by atomic mass is 16.6. The van der Waals surface area contributed by atoms with E-state index in [0.29, 0.717) is 19.1 Å². The molecule has 2 aliphatic heterocycles. The minimum absolute atomic E-state index is 0.500. The van der Waals surface area contributed by atoms with Crippen LogP contribution in [0.4, 0.5) is 0 Å². The molecule has 116 valence electrons. The molecule has 2 aliphatic rings. The van der Waals surface area contributed by atoms with Gasteiger partial charge in [-0.2, -0.15) is 0 Å². The van der Waals surface area contributed by atoms with Crippen molar-refractivity contribution < 1.29 is 9.47 Å². The molecule has 0 radical (unpaired) electrons. The first-order valence-electron chi connectivity index (χ1n) is 8.01. The van der Waals surface area contributed by atoms with Gasteiger partial charge >= 0.3 is 0 Å². The number of ether oxygens (including phenoxy) is 2. The molecular formula is C17H21N3O2. The zero-order valence-electron chi connectivity index (χ0n) is 12.6. The predicted octanol–water partition coefficient (Wildman–Crippen LogP) is 2.32. The molecule has 0 fully saturated rings. The Morgan fingerprint density at radius 2 is 2.23 bits per heavy atom. The van der Waals surface area contributed by atoms with Crippen molar-refractivity contribution in [2.45, 2.75) is 31.8 Å². The lowest BCUT2D eigenvalue weighted by Gasteiger charge is -2.24. The van der Waals surface area contributed by atoms with Crippen LogP contribution in [0.25, 0.3) is 0 Å². The van der Waals surface area contributed by atoms with Crippen molar-refractivity contribution >= 4 is 0 Å². The number of hydrogen-bond acceptors (Lipinski definition) is 4. The highest BCUT2D eigenvalue weighted by Gasteiger charge is 2.21. The van der Waals surface area contributed by atoms with Gasteiger partial charge in [0.25, 0.3) is 0 Å². The molecule has 0 aliphatic carbocycles. The fourth-order valence-corrected chi connectivity index (χ4v) is 3.35. The van der Waals surface area contributed by atoms with E-state index in [9.17, 15) is 0 Å². The average molecular weight is 299 g/mol. The fourth-order valence-electron chi connectivity index (χ4n) is 3.35.